The van der Waals surface area contributed by atoms with E-state index in [9.17, 15) is 9.59 Å². The summed E-state index contributed by atoms with van der Waals surface area (Å²) in [5, 5.41) is 8.33. The fourth-order valence-electron chi connectivity index (χ4n) is 5.08. The molecule has 0 bridgehead atoms. The Morgan fingerprint density at radius 2 is 1.32 bits per heavy atom. The molecule has 4 aromatic carbocycles. The van der Waals surface area contributed by atoms with Gasteiger partial charge in [-0.1, -0.05) is 123 Å². The van der Waals surface area contributed by atoms with Crippen LogP contribution >= 0.6 is 0 Å². The van der Waals surface area contributed by atoms with E-state index >= 15 is 0 Å². The molecule has 5 rings (SSSR count). The van der Waals surface area contributed by atoms with Crippen molar-refractivity contribution in [1.29, 1.82) is 0 Å². The number of benzene rings is 4. The number of fused-ring (bicyclic) bond motifs is 1. The summed E-state index contributed by atoms with van der Waals surface area (Å²) in [6.45, 7) is 4.55. The lowest BCUT2D eigenvalue weighted by molar-refractivity contribution is -0.130. The molecule has 206 valence electrons. The molecule has 0 aliphatic rings. The van der Waals surface area contributed by atoms with Crippen molar-refractivity contribution in [3.63, 3.8) is 0 Å². The van der Waals surface area contributed by atoms with Crippen molar-refractivity contribution >= 4 is 28.9 Å². The lowest BCUT2D eigenvalue weighted by Crippen LogP contribution is -2.50. The van der Waals surface area contributed by atoms with Crippen LogP contribution in [0, 0.1) is 5.92 Å². The van der Waals surface area contributed by atoms with E-state index in [1.807, 2.05) is 117 Å². The van der Waals surface area contributed by atoms with Crippen LogP contribution in [0.5, 0.6) is 0 Å². The van der Waals surface area contributed by atoms with Gasteiger partial charge in [-0.25, -0.2) is 5.43 Å². The maximum absolute atomic E-state index is 13.6. The molecule has 41 heavy (non-hydrogen) atoms. The molecule has 1 aromatic heterocycles. The number of para-hydroxylation sites is 1. The van der Waals surface area contributed by atoms with Gasteiger partial charge >= 0.3 is 0 Å². The molecule has 0 aliphatic carbocycles. The predicted octanol–water partition coefficient (Wildman–Crippen LogP) is 6.11. The van der Waals surface area contributed by atoms with Gasteiger partial charge in [0, 0.05) is 29.2 Å². The van der Waals surface area contributed by atoms with Gasteiger partial charge in [-0.3, -0.25) is 9.59 Å². The number of hydrogen-bond donors (Lipinski definition) is 2. The molecular weight excluding hydrogens is 508 g/mol. The molecular formula is C35H34N4O2. The summed E-state index contributed by atoms with van der Waals surface area (Å²) in [7, 11) is 0. The van der Waals surface area contributed by atoms with Gasteiger partial charge in [0.25, 0.3) is 5.91 Å². The molecule has 5 aromatic rings. The van der Waals surface area contributed by atoms with Gasteiger partial charge in [0.1, 0.15) is 6.04 Å². The normalized spacial score (nSPS) is 12.2. The van der Waals surface area contributed by atoms with Crippen molar-refractivity contribution < 1.29 is 9.59 Å². The number of hydrazone groups is 1. The predicted molar refractivity (Wildman–Crippen MR) is 165 cm³/mol. The highest BCUT2D eigenvalue weighted by atomic mass is 16.2. The average molecular weight is 543 g/mol. The van der Waals surface area contributed by atoms with Crippen molar-refractivity contribution in [2.75, 3.05) is 0 Å². The fourth-order valence-corrected chi connectivity index (χ4v) is 5.08. The van der Waals surface area contributed by atoms with Crippen LogP contribution in [0.4, 0.5) is 0 Å². The second-order valence-corrected chi connectivity index (χ2v) is 10.4. The standard InChI is InChI=1S/C35H34N4O2/c1-25(2)33(37-34(40)32(27-16-8-4-9-17-27)28-18-10-5-11-19-28)35(41)38-36-22-29-24-39(23-26-14-6-3-7-15-26)31-21-13-12-20-30(29)31/h3-22,24-25,32-33H,23H2,1-2H3,(H,37,40)(H,38,41)/b36-22-/t33-/m0/s1. The Bertz CT molecular complexity index is 1590. The molecule has 0 aliphatic heterocycles. The zero-order chi connectivity index (χ0) is 28.6. The molecule has 2 N–H and O–H groups in total. The molecule has 6 heteroatoms. The number of carbonyl (C=O) groups excluding carboxylic acids is 2. The average Bonchev–Trinajstić information content (AvgIpc) is 3.34. The van der Waals surface area contributed by atoms with Crippen LogP contribution in [0.2, 0.25) is 0 Å². The Hall–Kier alpha value is -4.97. The Labute approximate surface area is 240 Å². The van der Waals surface area contributed by atoms with Gasteiger partial charge in [-0.2, -0.15) is 5.10 Å². The molecule has 0 fully saturated rings. The molecule has 2 amide bonds. The molecule has 1 heterocycles. The summed E-state index contributed by atoms with van der Waals surface area (Å²) in [6, 6.07) is 36.9. The molecule has 6 nitrogen and oxygen atoms in total. The van der Waals surface area contributed by atoms with Crippen molar-refractivity contribution in [3.05, 3.63) is 144 Å². The van der Waals surface area contributed by atoms with Crippen LogP contribution in [0.15, 0.2) is 127 Å². The summed E-state index contributed by atoms with van der Waals surface area (Å²) >= 11 is 0. The molecule has 0 unspecified atom stereocenters. The molecule has 1 atom stereocenters. The zero-order valence-corrected chi connectivity index (χ0v) is 23.3. The Kier molecular flexibility index (Phi) is 8.70. The first-order valence-electron chi connectivity index (χ1n) is 13.9. The van der Waals surface area contributed by atoms with Gasteiger partial charge < -0.3 is 9.88 Å². The number of amides is 2. The van der Waals surface area contributed by atoms with Gasteiger partial charge in [0.05, 0.1) is 12.1 Å². The maximum atomic E-state index is 13.6. The number of carbonyl (C=O) groups is 2. The summed E-state index contributed by atoms with van der Waals surface area (Å²) in [6.07, 6.45) is 3.71. The summed E-state index contributed by atoms with van der Waals surface area (Å²) in [5.74, 6) is -1.28. The van der Waals surface area contributed by atoms with Gasteiger partial charge in [0.15, 0.2) is 0 Å². The van der Waals surface area contributed by atoms with Gasteiger partial charge in [-0.05, 0) is 28.7 Å². The van der Waals surface area contributed by atoms with E-state index in [1.165, 1.54) is 5.56 Å². The minimum Gasteiger partial charge on any atom is -0.343 e. The third-order valence-corrected chi connectivity index (χ3v) is 7.17. The zero-order valence-electron chi connectivity index (χ0n) is 23.3. The van der Waals surface area contributed by atoms with Crippen LogP contribution in [0.1, 0.15) is 42.0 Å². The minimum absolute atomic E-state index is 0.144. The highest BCUT2D eigenvalue weighted by Gasteiger charge is 2.29. The largest absolute Gasteiger partial charge is 0.343 e. The first-order chi connectivity index (χ1) is 20.0. The van der Waals surface area contributed by atoms with E-state index in [0.717, 1.165) is 34.1 Å². The maximum Gasteiger partial charge on any atom is 0.262 e. The molecule has 0 saturated heterocycles. The van der Waals surface area contributed by atoms with E-state index in [-0.39, 0.29) is 17.7 Å². The third kappa shape index (κ3) is 6.61. The summed E-state index contributed by atoms with van der Waals surface area (Å²) in [4.78, 5) is 26.9. The lowest BCUT2D eigenvalue weighted by atomic mass is 9.89. The van der Waals surface area contributed by atoms with Crippen LogP contribution in [0.3, 0.4) is 0 Å². The van der Waals surface area contributed by atoms with E-state index in [2.05, 4.69) is 38.6 Å². The second-order valence-electron chi connectivity index (χ2n) is 10.4. The van der Waals surface area contributed by atoms with Crippen LogP contribution < -0.4 is 10.7 Å². The van der Waals surface area contributed by atoms with E-state index < -0.39 is 12.0 Å². The minimum atomic E-state index is -0.756. The van der Waals surface area contributed by atoms with Gasteiger partial charge in [0.2, 0.25) is 5.91 Å². The number of hydrogen-bond acceptors (Lipinski definition) is 3. The Morgan fingerprint density at radius 1 is 0.756 bits per heavy atom. The van der Waals surface area contributed by atoms with E-state index in [1.54, 1.807) is 6.21 Å². The fraction of sp³-hybridized carbons (Fsp3) is 0.171. The van der Waals surface area contributed by atoms with Crippen molar-refractivity contribution in [3.8, 4) is 0 Å². The summed E-state index contributed by atoms with van der Waals surface area (Å²) < 4.78 is 2.18. The van der Waals surface area contributed by atoms with E-state index in [4.69, 9.17) is 0 Å². The van der Waals surface area contributed by atoms with Crippen LogP contribution in [0.25, 0.3) is 10.9 Å². The smallest absolute Gasteiger partial charge is 0.262 e. The third-order valence-electron chi connectivity index (χ3n) is 7.17. The highest BCUT2D eigenvalue weighted by molar-refractivity contribution is 6.00. The first-order valence-corrected chi connectivity index (χ1v) is 13.9. The highest BCUT2D eigenvalue weighted by Crippen LogP contribution is 2.25. The van der Waals surface area contributed by atoms with Crippen LogP contribution in [-0.2, 0) is 16.1 Å². The van der Waals surface area contributed by atoms with Crippen molar-refractivity contribution in [2.24, 2.45) is 11.0 Å². The SMILES string of the molecule is CC(C)[C@H](NC(=O)C(c1ccccc1)c1ccccc1)C(=O)N/N=C\c1cn(Cc2ccccc2)c2ccccc12. The number of nitrogens with one attached hydrogen (secondary N) is 2. The van der Waals surface area contributed by atoms with Crippen molar-refractivity contribution in [2.45, 2.75) is 32.4 Å². The number of rotatable bonds is 10. The molecule has 0 saturated carbocycles. The van der Waals surface area contributed by atoms with Crippen LogP contribution in [-0.4, -0.2) is 28.6 Å². The second kappa shape index (κ2) is 12.9. The lowest BCUT2D eigenvalue weighted by Gasteiger charge is -2.24. The topological polar surface area (TPSA) is 75.5 Å². The van der Waals surface area contributed by atoms with E-state index in [0.29, 0.717) is 0 Å². The number of nitrogens with zero attached hydrogens (tertiary/aromatic N) is 2. The molecule has 0 radical (unpaired) electrons. The quantitative estimate of drug-likeness (QED) is 0.165. The van der Waals surface area contributed by atoms with Gasteiger partial charge in [-0.15, -0.1) is 0 Å². The Morgan fingerprint density at radius 3 is 1.93 bits per heavy atom. The molecule has 0 spiro atoms. The number of aromatic nitrogens is 1. The first kappa shape index (κ1) is 27.6. The summed E-state index contributed by atoms with van der Waals surface area (Å²) in [5.41, 5.74) is 7.58. The van der Waals surface area contributed by atoms with Crippen molar-refractivity contribution in [1.82, 2.24) is 15.3 Å². The monoisotopic (exact) mass is 542 g/mol. The Balaban J connectivity index is 1.32.